The van der Waals surface area contributed by atoms with Gasteiger partial charge < -0.3 is 9.47 Å². The van der Waals surface area contributed by atoms with Crippen LogP contribution in [0.25, 0.3) is 5.65 Å². The molecule has 0 aliphatic carbocycles. The molecule has 2 heterocycles. The lowest BCUT2D eigenvalue weighted by Crippen LogP contribution is -2.27. The van der Waals surface area contributed by atoms with Crippen LogP contribution in [0.3, 0.4) is 0 Å². The lowest BCUT2D eigenvalue weighted by atomic mass is 10.2. The van der Waals surface area contributed by atoms with E-state index in [1.165, 1.54) is 10.5 Å². The zero-order valence-corrected chi connectivity index (χ0v) is 16.0. The van der Waals surface area contributed by atoms with Crippen LogP contribution in [0.15, 0.2) is 47.4 Å². The van der Waals surface area contributed by atoms with E-state index in [-0.39, 0.29) is 12.2 Å². The number of esters is 1. The summed E-state index contributed by atoms with van der Waals surface area (Å²) in [7, 11) is 0. The second-order valence-corrected chi connectivity index (χ2v) is 6.68. The fourth-order valence-corrected chi connectivity index (χ4v) is 2.86. The Hall–Kier alpha value is -2.86. The smallest absolute Gasteiger partial charge is 0.347 e. The van der Waals surface area contributed by atoms with Gasteiger partial charge in [0.05, 0.1) is 5.69 Å². The van der Waals surface area contributed by atoms with Gasteiger partial charge in [0.2, 0.25) is 0 Å². The molecule has 0 bridgehead atoms. The highest BCUT2D eigenvalue weighted by molar-refractivity contribution is 6.30. The van der Waals surface area contributed by atoms with Gasteiger partial charge in [0.25, 0.3) is 5.56 Å². The highest BCUT2D eigenvalue weighted by Gasteiger charge is 2.18. The average Bonchev–Trinajstić information content (AvgIpc) is 2.63. The van der Waals surface area contributed by atoms with Crippen molar-refractivity contribution in [2.75, 3.05) is 0 Å². The lowest BCUT2D eigenvalue weighted by molar-refractivity contribution is -0.152. The van der Waals surface area contributed by atoms with Crippen molar-refractivity contribution in [1.82, 2.24) is 9.38 Å². The first-order valence-electron chi connectivity index (χ1n) is 8.42. The molecule has 0 amide bonds. The molecular formula is C20H19ClN2O4. The van der Waals surface area contributed by atoms with Gasteiger partial charge in [0.1, 0.15) is 18.0 Å². The standard InChI is InChI=1S/C20H19ClN2O4/c1-12-5-4-8-23-18(24)10-16(22-19(12)23)11-26-20(25)14(3)27-17-7-6-15(21)9-13(17)2/h4-10,14H,11H2,1-3H3. The van der Waals surface area contributed by atoms with E-state index in [1.807, 2.05) is 19.9 Å². The van der Waals surface area contributed by atoms with Crippen LogP contribution in [0.1, 0.15) is 23.7 Å². The summed E-state index contributed by atoms with van der Waals surface area (Å²) in [4.78, 5) is 28.8. The van der Waals surface area contributed by atoms with Gasteiger partial charge in [-0.2, -0.15) is 0 Å². The number of aryl methyl sites for hydroxylation is 2. The molecule has 1 atom stereocenters. The molecule has 0 saturated heterocycles. The van der Waals surface area contributed by atoms with Crippen LogP contribution in [0, 0.1) is 13.8 Å². The van der Waals surface area contributed by atoms with Crippen LogP contribution in [0.4, 0.5) is 0 Å². The Morgan fingerprint density at radius 1 is 1.22 bits per heavy atom. The third-order valence-corrected chi connectivity index (χ3v) is 4.31. The number of hydrogen-bond donors (Lipinski definition) is 0. The van der Waals surface area contributed by atoms with E-state index >= 15 is 0 Å². The monoisotopic (exact) mass is 386 g/mol. The molecule has 6 nitrogen and oxygen atoms in total. The van der Waals surface area contributed by atoms with Crippen molar-refractivity contribution in [2.45, 2.75) is 33.5 Å². The molecule has 140 valence electrons. The number of rotatable bonds is 5. The van der Waals surface area contributed by atoms with Gasteiger partial charge in [-0.25, -0.2) is 9.78 Å². The first kappa shape index (κ1) is 18.9. The molecule has 0 spiro atoms. The minimum Gasteiger partial charge on any atom is -0.479 e. The molecule has 0 fully saturated rings. The summed E-state index contributed by atoms with van der Waals surface area (Å²) in [5.41, 5.74) is 2.38. The number of halogens is 1. The van der Waals surface area contributed by atoms with Crippen LogP contribution >= 0.6 is 11.6 Å². The molecular weight excluding hydrogens is 368 g/mol. The minimum absolute atomic E-state index is 0.105. The third kappa shape index (κ3) is 4.28. The summed E-state index contributed by atoms with van der Waals surface area (Å²) in [6.45, 7) is 5.20. The van der Waals surface area contributed by atoms with E-state index in [1.54, 1.807) is 37.4 Å². The molecule has 1 unspecified atom stereocenters. The number of ether oxygens (including phenoxy) is 2. The van der Waals surface area contributed by atoms with E-state index in [4.69, 9.17) is 21.1 Å². The summed E-state index contributed by atoms with van der Waals surface area (Å²) in [5, 5.41) is 0.596. The molecule has 0 saturated carbocycles. The topological polar surface area (TPSA) is 69.9 Å². The van der Waals surface area contributed by atoms with Gasteiger partial charge in [-0.15, -0.1) is 0 Å². The molecule has 7 heteroatoms. The maximum absolute atomic E-state index is 12.2. The van der Waals surface area contributed by atoms with Crippen molar-refractivity contribution in [3.05, 3.63) is 74.8 Å². The summed E-state index contributed by atoms with van der Waals surface area (Å²) < 4.78 is 12.4. The second-order valence-electron chi connectivity index (χ2n) is 6.25. The Bertz CT molecular complexity index is 1060. The van der Waals surface area contributed by atoms with E-state index in [2.05, 4.69) is 4.98 Å². The Labute approximate surface area is 161 Å². The summed E-state index contributed by atoms with van der Waals surface area (Å²) in [5.74, 6) is 0.0117. The third-order valence-electron chi connectivity index (χ3n) is 4.07. The first-order valence-corrected chi connectivity index (χ1v) is 8.80. The molecule has 3 rings (SSSR count). The van der Waals surface area contributed by atoms with Crippen molar-refractivity contribution in [2.24, 2.45) is 0 Å². The number of nitrogens with zero attached hydrogens (tertiary/aromatic N) is 2. The molecule has 27 heavy (non-hydrogen) atoms. The van der Waals surface area contributed by atoms with Crippen LogP contribution in [0.5, 0.6) is 5.75 Å². The molecule has 2 aromatic heterocycles. The summed E-state index contributed by atoms with van der Waals surface area (Å²) in [6, 6.07) is 10.1. The number of aromatic nitrogens is 2. The fourth-order valence-electron chi connectivity index (χ4n) is 2.63. The zero-order chi connectivity index (χ0) is 19.6. The van der Waals surface area contributed by atoms with Crippen molar-refractivity contribution in [3.63, 3.8) is 0 Å². The molecule has 0 aliphatic heterocycles. The number of hydrogen-bond acceptors (Lipinski definition) is 5. The van der Waals surface area contributed by atoms with Crippen LogP contribution < -0.4 is 10.3 Å². The van der Waals surface area contributed by atoms with E-state index in [9.17, 15) is 9.59 Å². The predicted molar refractivity (Wildman–Crippen MR) is 102 cm³/mol. The number of benzene rings is 1. The number of carbonyl (C=O) groups is 1. The molecule has 0 radical (unpaired) electrons. The van der Waals surface area contributed by atoms with Crippen LogP contribution in [-0.4, -0.2) is 21.5 Å². The number of carbonyl (C=O) groups excluding carboxylic acids is 1. The van der Waals surface area contributed by atoms with Crippen molar-refractivity contribution >= 4 is 23.2 Å². The van der Waals surface area contributed by atoms with Gasteiger partial charge in [-0.05, 0) is 56.2 Å². The van der Waals surface area contributed by atoms with Crippen molar-refractivity contribution in [3.8, 4) is 5.75 Å². The second kappa shape index (κ2) is 7.80. The summed E-state index contributed by atoms with van der Waals surface area (Å²) in [6.07, 6.45) is 0.839. The minimum atomic E-state index is -0.812. The van der Waals surface area contributed by atoms with E-state index in [0.717, 1.165) is 11.1 Å². The average molecular weight is 387 g/mol. The quantitative estimate of drug-likeness (QED) is 0.628. The molecule has 0 N–H and O–H groups in total. The molecule has 1 aromatic carbocycles. The number of fused-ring (bicyclic) bond motifs is 1. The SMILES string of the molecule is Cc1cc(Cl)ccc1OC(C)C(=O)OCc1cc(=O)n2cccc(C)c2n1. The Kier molecular flexibility index (Phi) is 5.46. The lowest BCUT2D eigenvalue weighted by Gasteiger charge is -2.15. The van der Waals surface area contributed by atoms with Gasteiger partial charge >= 0.3 is 5.97 Å². The maximum atomic E-state index is 12.2. The van der Waals surface area contributed by atoms with Gasteiger partial charge in [0.15, 0.2) is 6.10 Å². The fraction of sp³-hybridized carbons (Fsp3) is 0.250. The van der Waals surface area contributed by atoms with E-state index < -0.39 is 12.1 Å². The summed E-state index contributed by atoms with van der Waals surface area (Å²) >= 11 is 5.92. The maximum Gasteiger partial charge on any atom is 0.347 e. The molecule has 0 aliphatic rings. The van der Waals surface area contributed by atoms with Crippen LogP contribution in [-0.2, 0) is 16.1 Å². The number of pyridine rings is 1. The Morgan fingerprint density at radius 3 is 2.74 bits per heavy atom. The normalized spacial score (nSPS) is 12.0. The van der Waals surface area contributed by atoms with Crippen molar-refractivity contribution < 1.29 is 14.3 Å². The van der Waals surface area contributed by atoms with E-state index in [0.29, 0.717) is 22.1 Å². The Morgan fingerprint density at radius 2 is 2.00 bits per heavy atom. The van der Waals surface area contributed by atoms with Crippen molar-refractivity contribution in [1.29, 1.82) is 0 Å². The van der Waals surface area contributed by atoms with Gasteiger partial charge in [-0.1, -0.05) is 17.7 Å². The highest BCUT2D eigenvalue weighted by Crippen LogP contribution is 2.23. The van der Waals surface area contributed by atoms with Crippen LogP contribution in [0.2, 0.25) is 5.02 Å². The molecule has 3 aromatic rings. The van der Waals surface area contributed by atoms with Gasteiger partial charge in [-0.3, -0.25) is 9.20 Å². The van der Waals surface area contributed by atoms with Gasteiger partial charge in [0, 0.05) is 17.3 Å². The first-order chi connectivity index (χ1) is 12.8. The highest BCUT2D eigenvalue weighted by atomic mass is 35.5. The zero-order valence-electron chi connectivity index (χ0n) is 15.2. The Balaban J connectivity index is 1.69. The predicted octanol–water partition coefficient (Wildman–Crippen LogP) is 3.48. The largest absolute Gasteiger partial charge is 0.479 e.